The fourth-order valence-electron chi connectivity index (χ4n) is 6.00. The smallest absolute Gasteiger partial charge is 0.0951 e. The number of nitrogens with two attached hydrogens (primary N) is 1. The zero-order valence-corrected chi connectivity index (χ0v) is 27.5. The highest BCUT2D eigenvalue weighted by molar-refractivity contribution is 6.35. The Labute approximate surface area is 289 Å². The molecule has 0 amide bonds. The zero-order valence-electron chi connectivity index (χ0n) is 27.5. The summed E-state index contributed by atoms with van der Waals surface area (Å²) >= 11 is 0. The van der Waals surface area contributed by atoms with E-state index in [-0.39, 0.29) is 0 Å². The van der Waals surface area contributed by atoms with Gasteiger partial charge in [-0.2, -0.15) is 0 Å². The first-order valence-corrected chi connectivity index (χ1v) is 16.3. The minimum absolute atomic E-state index is 0.575. The van der Waals surface area contributed by atoms with Gasteiger partial charge in [-0.25, -0.2) is 4.99 Å². The third-order valence-electron chi connectivity index (χ3n) is 8.41. The minimum atomic E-state index is 0.575. The van der Waals surface area contributed by atoms with Crippen molar-refractivity contribution in [2.24, 2.45) is 10.7 Å². The van der Waals surface area contributed by atoms with Gasteiger partial charge < -0.3 is 5.73 Å². The van der Waals surface area contributed by atoms with Crippen molar-refractivity contribution in [1.82, 2.24) is 0 Å². The molecule has 0 radical (unpaired) electrons. The zero-order chi connectivity index (χ0) is 34.0. The highest BCUT2D eigenvalue weighted by atomic mass is 14.8. The van der Waals surface area contributed by atoms with Crippen LogP contribution in [0.3, 0.4) is 0 Å². The molecule has 0 spiro atoms. The molecule has 2 heteroatoms. The second-order valence-corrected chi connectivity index (χ2v) is 11.6. The molecule has 0 fully saturated rings. The van der Waals surface area contributed by atoms with Gasteiger partial charge in [0.05, 0.1) is 17.1 Å². The summed E-state index contributed by atoms with van der Waals surface area (Å²) in [4.78, 5) is 5.48. The van der Waals surface area contributed by atoms with E-state index in [0.717, 1.165) is 54.6 Å². The van der Waals surface area contributed by atoms with Crippen molar-refractivity contribution in [1.29, 1.82) is 0 Å². The lowest BCUT2D eigenvalue weighted by Crippen LogP contribution is -2.08. The quantitative estimate of drug-likeness (QED) is 0.0863. The molecule has 0 aliphatic carbocycles. The molecule has 0 aliphatic heterocycles. The van der Waals surface area contributed by atoms with E-state index in [4.69, 9.17) is 10.7 Å². The van der Waals surface area contributed by atoms with Crippen LogP contribution in [0.15, 0.2) is 212 Å². The summed E-state index contributed by atoms with van der Waals surface area (Å²) in [5, 5.41) is 6.55. The number of rotatable bonds is 11. The number of nitrogens with zero attached hydrogens (tertiary/aromatic N) is 1. The van der Waals surface area contributed by atoms with Crippen molar-refractivity contribution in [3.63, 3.8) is 0 Å². The van der Waals surface area contributed by atoms with Gasteiger partial charge in [0.25, 0.3) is 0 Å². The first kappa shape index (κ1) is 32.4. The molecule has 2 nitrogen and oxygen atoms in total. The summed E-state index contributed by atoms with van der Waals surface area (Å²) in [6.07, 6.45) is 17.3. The van der Waals surface area contributed by atoms with E-state index in [0.29, 0.717) is 22.7 Å². The Morgan fingerprint density at radius 2 is 0.918 bits per heavy atom. The van der Waals surface area contributed by atoms with Crippen molar-refractivity contribution in [3.05, 3.63) is 224 Å². The average molecular weight is 631 g/mol. The second kappa shape index (κ2) is 15.4. The lowest BCUT2D eigenvalue weighted by Gasteiger charge is -2.18. The first-order chi connectivity index (χ1) is 24.1. The van der Waals surface area contributed by atoms with Crippen molar-refractivity contribution in [2.45, 2.75) is 0 Å². The van der Waals surface area contributed by atoms with E-state index in [1.807, 2.05) is 91.1 Å². The topological polar surface area (TPSA) is 38.4 Å². The van der Waals surface area contributed by atoms with Crippen LogP contribution in [0, 0.1) is 0 Å². The third kappa shape index (κ3) is 7.25. The highest BCUT2D eigenvalue weighted by Crippen LogP contribution is 2.35. The lowest BCUT2D eigenvalue weighted by molar-refractivity contribution is 1.46. The molecule has 49 heavy (non-hydrogen) atoms. The molecular formula is C47H38N2. The van der Waals surface area contributed by atoms with Crippen LogP contribution in [-0.4, -0.2) is 5.71 Å². The molecule has 0 atom stereocenters. The molecule has 6 aromatic rings. The Hall–Kier alpha value is -6.51. The van der Waals surface area contributed by atoms with E-state index < -0.39 is 0 Å². The number of benzene rings is 6. The van der Waals surface area contributed by atoms with Crippen molar-refractivity contribution in [3.8, 4) is 0 Å². The van der Waals surface area contributed by atoms with Crippen LogP contribution in [0.4, 0.5) is 0 Å². The molecule has 0 saturated heterocycles. The number of fused-ring (bicyclic) bond motifs is 3. The van der Waals surface area contributed by atoms with Crippen molar-refractivity contribution < 1.29 is 0 Å². The van der Waals surface area contributed by atoms with Crippen LogP contribution in [-0.2, 0) is 0 Å². The maximum atomic E-state index is 7.26. The average Bonchev–Trinajstić information content (AvgIpc) is 3.15. The van der Waals surface area contributed by atoms with Crippen LogP contribution in [0.2, 0.25) is 0 Å². The fourth-order valence-corrected chi connectivity index (χ4v) is 6.00. The maximum absolute atomic E-state index is 7.26. The Kier molecular flexibility index (Phi) is 10.2. The largest absolute Gasteiger partial charge is 0.396 e. The van der Waals surface area contributed by atoms with Gasteiger partial charge in [0.1, 0.15) is 0 Å². The van der Waals surface area contributed by atoms with Gasteiger partial charge in [-0.1, -0.05) is 202 Å². The van der Waals surface area contributed by atoms with Gasteiger partial charge in [0, 0.05) is 16.7 Å². The lowest BCUT2D eigenvalue weighted by atomic mass is 9.92. The molecule has 0 unspecified atom stereocenters. The fraction of sp³-hybridized carbons (Fsp3) is 0. The molecule has 0 aromatic heterocycles. The maximum Gasteiger partial charge on any atom is 0.0951 e. The van der Waals surface area contributed by atoms with Gasteiger partial charge in [-0.05, 0) is 43.5 Å². The molecular weight excluding hydrogens is 593 g/mol. The SMILES string of the molecule is C=C\C=C/C=C\C=C/C=C\C(=C)/C(=N/C(=C(\N)c1cccc2ccccc12)c1cccc2ccccc12)C(=C)c1cccc2ccccc12. The van der Waals surface area contributed by atoms with Crippen molar-refractivity contribution in [2.75, 3.05) is 0 Å². The summed E-state index contributed by atoms with van der Waals surface area (Å²) in [5.41, 5.74) is 13.4. The van der Waals surface area contributed by atoms with Crippen LogP contribution < -0.4 is 5.73 Å². The summed E-state index contributed by atoms with van der Waals surface area (Å²) < 4.78 is 0. The van der Waals surface area contributed by atoms with Crippen molar-refractivity contribution >= 4 is 55.0 Å². The molecule has 6 rings (SSSR count). The number of allylic oxidation sites excluding steroid dienone is 11. The second-order valence-electron chi connectivity index (χ2n) is 11.6. The number of hydrogen-bond acceptors (Lipinski definition) is 2. The summed E-state index contributed by atoms with van der Waals surface area (Å²) in [6, 6.07) is 43.7. The van der Waals surface area contributed by atoms with Gasteiger partial charge in [-0.3, -0.25) is 0 Å². The van der Waals surface area contributed by atoms with E-state index in [2.05, 4.69) is 105 Å². The molecule has 2 N–H and O–H groups in total. The van der Waals surface area contributed by atoms with Crippen LogP contribution in [0.25, 0.3) is 49.3 Å². The molecule has 0 heterocycles. The molecule has 6 aromatic carbocycles. The monoisotopic (exact) mass is 630 g/mol. The van der Waals surface area contributed by atoms with E-state index in [1.54, 1.807) is 6.08 Å². The molecule has 0 aliphatic rings. The minimum Gasteiger partial charge on any atom is -0.396 e. The van der Waals surface area contributed by atoms with Gasteiger partial charge >= 0.3 is 0 Å². The Bertz CT molecular complexity index is 2370. The Balaban J connectivity index is 1.59. The highest BCUT2D eigenvalue weighted by Gasteiger charge is 2.18. The molecule has 236 valence electrons. The third-order valence-corrected chi connectivity index (χ3v) is 8.41. The van der Waals surface area contributed by atoms with E-state index >= 15 is 0 Å². The normalized spacial score (nSPS) is 12.9. The van der Waals surface area contributed by atoms with Gasteiger partial charge in [0.15, 0.2) is 0 Å². The summed E-state index contributed by atoms with van der Waals surface area (Å²) in [6.45, 7) is 12.9. The summed E-state index contributed by atoms with van der Waals surface area (Å²) in [7, 11) is 0. The van der Waals surface area contributed by atoms with Crippen LogP contribution >= 0.6 is 0 Å². The van der Waals surface area contributed by atoms with Crippen LogP contribution in [0.1, 0.15) is 16.7 Å². The first-order valence-electron chi connectivity index (χ1n) is 16.3. The van der Waals surface area contributed by atoms with Gasteiger partial charge in [0.2, 0.25) is 0 Å². The Morgan fingerprint density at radius 1 is 0.490 bits per heavy atom. The standard InChI is InChI=1S/C47H38N2/c1-4-5-6-7-8-9-10-11-21-34(2)46(35(3)39-31-18-25-36-22-12-15-28-40(36)39)49-47(44-33-20-27-38-24-14-17-30-42(38)44)45(48)43-32-19-26-37-23-13-16-29-41(37)43/h4-33H,1-3,48H2/b6-5-,8-7-,10-9-,21-11-,47-45-,49-46-. The van der Waals surface area contributed by atoms with E-state index in [9.17, 15) is 0 Å². The van der Waals surface area contributed by atoms with E-state index in [1.165, 1.54) is 0 Å². The Morgan fingerprint density at radius 3 is 1.49 bits per heavy atom. The molecule has 0 bridgehead atoms. The predicted octanol–water partition coefficient (Wildman–Crippen LogP) is 12.1. The predicted molar refractivity (Wildman–Crippen MR) is 215 cm³/mol. The van der Waals surface area contributed by atoms with Gasteiger partial charge in [-0.15, -0.1) is 0 Å². The number of aliphatic imine (C=N–C) groups is 1. The summed E-state index contributed by atoms with van der Waals surface area (Å²) in [5.74, 6) is 0. The van der Waals surface area contributed by atoms with Crippen LogP contribution in [0.5, 0.6) is 0 Å². The molecule has 0 saturated carbocycles. The number of hydrogen-bond donors (Lipinski definition) is 1.